The Kier molecular flexibility index (Phi) is 7.97. The molecule has 118 valence electrons. The van der Waals surface area contributed by atoms with Gasteiger partial charge in [-0.05, 0) is 64.3 Å². The second-order valence-electron chi connectivity index (χ2n) is 5.51. The highest BCUT2D eigenvalue weighted by molar-refractivity contribution is 5.88. The molecule has 1 atom stereocenters. The standard InChI is InChI=1S/C16H27N3O2/c1-13(20)18-15-7-5-14(6-8-15)16(21)9-11-17-10-4-12-19(2)3/h5-8,16-17,21H,4,9-12H2,1-3H3,(H,18,20). The number of hydrogen-bond acceptors (Lipinski definition) is 4. The van der Waals surface area contributed by atoms with E-state index in [0.29, 0.717) is 6.42 Å². The molecule has 0 radical (unpaired) electrons. The third kappa shape index (κ3) is 7.80. The first-order valence-corrected chi connectivity index (χ1v) is 7.40. The first kappa shape index (κ1) is 17.6. The van der Waals surface area contributed by atoms with Gasteiger partial charge in [0.15, 0.2) is 0 Å². The molecule has 0 aliphatic rings. The lowest BCUT2D eigenvalue weighted by Crippen LogP contribution is -2.23. The second kappa shape index (κ2) is 9.50. The Balaban J connectivity index is 2.25. The van der Waals surface area contributed by atoms with Gasteiger partial charge in [0.25, 0.3) is 0 Å². The molecule has 0 saturated heterocycles. The van der Waals surface area contributed by atoms with Gasteiger partial charge in [0, 0.05) is 12.6 Å². The van der Waals surface area contributed by atoms with Gasteiger partial charge in [-0.1, -0.05) is 12.1 Å². The summed E-state index contributed by atoms with van der Waals surface area (Å²) in [6.45, 7) is 4.30. The Hall–Kier alpha value is -1.43. The zero-order chi connectivity index (χ0) is 15.7. The number of hydrogen-bond donors (Lipinski definition) is 3. The predicted octanol–water partition coefficient (Wildman–Crippen LogP) is 1.61. The summed E-state index contributed by atoms with van der Waals surface area (Å²) in [5.41, 5.74) is 1.62. The van der Waals surface area contributed by atoms with E-state index >= 15 is 0 Å². The van der Waals surface area contributed by atoms with Crippen molar-refractivity contribution in [3.8, 4) is 0 Å². The van der Waals surface area contributed by atoms with Gasteiger partial charge < -0.3 is 20.6 Å². The Morgan fingerprint density at radius 3 is 2.48 bits per heavy atom. The molecule has 21 heavy (non-hydrogen) atoms. The maximum absolute atomic E-state index is 10.9. The Bertz CT molecular complexity index is 418. The maximum atomic E-state index is 10.9. The molecule has 0 aliphatic carbocycles. The number of benzene rings is 1. The van der Waals surface area contributed by atoms with Crippen LogP contribution in [0.5, 0.6) is 0 Å². The summed E-state index contributed by atoms with van der Waals surface area (Å²) < 4.78 is 0. The Morgan fingerprint density at radius 1 is 1.24 bits per heavy atom. The first-order valence-electron chi connectivity index (χ1n) is 7.40. The van der Waals surface area contributed by atoms with E-state index in [1.165, 1.54) is 6.92 Å². The van der Waals surface area contributed by atoms with E-state index < -0.39 is 6.10 Å². The normalized spacial score (nSPS) is 12.4. The van der Waals surface area contributed by atoms with Crippen LogP contribution in [-0.2, 0) is 4.79 Å². The lowest BCUT2D eigenvalue weighted by Gasteiger charge is -2.13. The lowest BCUT2D eigenvalue weighted by atomic mass is 10.1. The number of carbonyl (C=O) groups is 1. The van der Waals surface area contributed by atoms with Gasteiger partial charge in [-0.2, -0.15) is 0 Å². The average molecular weight is 293 g/mol. The summed E-state index contributed by atoms with van der Waals surface area (Å²) in [4.78, 5) is 13.1. The minimum Gasteiger partial charge on any atom is -0.388 e. The summed E-state index contributed by atoms with van der Waals surface area (Å²) in [5.74, 6) is -0.0924. The van der Waals surface area contributed by atoms with Crippen LogP contribution in [0.1, 0.15) is 31.4 Å². The summed E-state index contributed by atoms with van der Waals surface area (Å²) in [5, 5.41) is 16.1. The fourth-order valence-corrected chi connectivity index (χ4v) is 2.04. The van der Waals surface area contributed by atoms with Crippen LogP contribution in [0.3, 0.4) is 0 Å². The quantitative estimate of drug-likeness (QED) is 0.605. The van der Waals surface area contributed by atoms with E-state index in [0.717, 1.165) is 37.3 Å². The zero-order valence-corrected chi connectivity index (χ0v) is 13.2. The number of nitrogens with zero attached hydrogens (tertiary/aromatic N) is 1. The largest absolute Gasteiger partial charge is 0.388 e. The van der Waals surface area contributed by atoms with Crippen molar-refractivity contribution in [3.05, 3.63) is 29.8 Å². The van der Waals surface area contributed by atoms with Crippen molar-refractivity contribution in [1.29, 1.82) is 0 Å². The highest BCUT2D eigenvalue weighted by Crippen LogP contribution is 2.18. The van der Waals surface area contributed by atoms with E-state index in [1.54, 1.807) is 0 Å². The monoisotopic (exact) mass is 293 g/mol. The molecule has 1 amide bonds. The summed E-state index contributed by atoms with van der Waals surface area (Å²) in [7, 11) is 4.13. The number of aliphatic hydroxyl groups is 1. The molecule has 0 saturated carbocycles. The Morgan fingerprint density at radius 2 is 1.90 bits per heavy atom. The van der Waals surface area contributed by atoms with E-state index in [4.69, 9.17) is 0 Å². The first-order chi connectivity index (χ1) is 9.99. The van der Waals surface area contributed by atoms with Crippen LogP contribution in [0.25, 0.3) is 0 Å². The molecular weight excluding hydrogens is 266 g/mol. The number of carbonyl (C=O) groups excluding carboxylic acids is 1. The molecule has 3 N–H and O–H groups in total. The van der Waals surface area contributed by atoms with Crippen LogP contribution in [0.2, 0.25) is 0 Å². The van der Waals surface area contributed by atoms with Gasteiger partial charge in [-0.15, -0.1) is 0 Å². The molecule has 1 aromatic carbocycles. The molecule has 0 spiro atoms. The molecule has 0 heterocycles. The molecule has 1 unspecified atom stereocenters. The third-order valence-electron chi connectivity index (χ3n) is 3.17. The number of aliphatic hydroxyl groups excluding tert-OH is 1. The van der Waals surface area contributed by atoms with Crippen LogP contribution >= 0.6 is 0 Å². The SMILES string of the molecule is CC(=O)Nc1ccc(C(O)CCNCCCN(C)C)cc1. The Labute approximate surface area is 127 Å². The van der Waals surface area contributed by atoms with Crippen molar-refractivity contribution in [2.75, 3.05) is 39.0 Å². The van der Waals surface area contributed by atoms with Crippen molar-refractivity contribution in [1.82, 2.24) is 10.2 Å². The van der Waals surface area contributed by atoms with Crippen molar-refractivity contribution in [2.45, 2.75) is 25.9 Å². The summed E-state index contributed by atoms with van der Waals surface area (Å²) >= 11 is 0. The van der Waals surface area contributed by atoms with Crippen LogP contribution in [0.4, 0.5) is 5.69 Å². The van der Waals surface area contributed by atoms with E-state index in [1.807, 2.05) is 24.3 Å². The third-order valence-corrected chi connectivity index (χ3v) is 3.17. The number of amides is 1. The summed E-state index contributed by atoms with van der Waals surface area (Å²) in [6.07, 6.45) is 1.31. The van der Waals surface area contributed by atoms with Crippen molar-refractivity contribution in [2.24, 2.45) is 0 Å². The maximum Gasteiger partial charge on any atom is 0.221 e. The fourth-order valence-electron chi connectivity index (χ4n) is 2.04. The molecule has 0 aliphatic heterocycles. The molecule has 0 bridgehead atoms. The predicted molar refractivity (Wildman–Crippen MR) is 86.4 cm³/mol. The van der Waals surface area contributed by atoms with E-state index in [-0.39, 0.29) is 5.91 Å². The van der Waals surface area contributed by atoms with E-state index in [2.05, 4.69) is 29.6 Å². The van der Waals surface area contributed by atoms with Crippen molar-refractivity contribution in [3.63, 3.8) is 0 Å². The molecule has 1 aromatic rings. The highest BCUT2D eigenvalue weighted by atomic mass is 16.3. The van der Waals surface area contributed by atoms with Crippen LogP contribution in [-0.4, -0.2) is 49.6 Å². The highest BCUT2D eigenvalue weighted by Gasteiger charge is 2.07. The van der Waals surface area contributed by atoms with Crippen LogP contribution in [0, 0.1) is 0 Å². The minimum atomic E-state index is -0.474. The molecular formula is C16H27N3O2. The van der Waals surface area contributed by atoms with Gasteiger partial charge >= 0.3 is 0 Å². The van der Waals surface area contributed by atoms with Gasteiger partial charge in [0.2, 0.25) is 5.91 Å². The van der Waals surface area contributed by atoms with Gasteiger partial charge in [0.1, 0.15) is 0 Å². The van der Waals surface area contributed by atoms with Crippen LogP contribution in [0.15, 0.2) is 24.3 Å². The van der Waals surface area contributed by atoms with Gasteiger partial charge in [0.05, 0.1) is 6.10 Å². The molecule has 5 nitrogen and oxygen atoms in total. The van der Waals surface area contributed by atoms with Crippen molar-refractivity contribution >= 4 is 11.6 Å². The molecule has 5 heteroatoms. The molecule has 0 fully saturated rings. The van der Waals surface area contributed by atoms with Gasteiger partial charge in [-0.25, -0.2) is 0 Å². The summed E-state index contributed by atoms with van der Waals surface area (Å²) in [6, 6.07) is 7.32. The molecule has 0 aromatic heterocycles. The number of nitrogens with one attached hydrogen (secondary N) is 2. The van der Waals surface area contributed by atoms with Gasteiger partial charge in [-0.3, -0.25) is 4.79 Å². The zero-order valence-electron chi connectivity index (χ0n) is 13.2. The fraction of sp³-hybridized carbons (Fsp3) is 0.562. The lowest BCUT2D eigenvalue weighted by molar-refractivity contribution is -0.114. The topological polar surface area (TPSA) is 64.6 Å². The number of rotatable bonds is 9. The average Bonchev–Trinajstić information content (AvgIpc) is 2.42. The molecule has 1 rings (SSSR count). The minimum absolute atomic E-state index is 0.0924. The van der Waals surface area contributed by atoms with E-state index in [9.17, 15) is 9.90 Å². The number of anilines is 1. The smallest absolute Gasteiger partial charge is 0.221 e. The van der Waals surface area contributed by atoms with Crippen LogP contribution < -0.4 is 10.6 Å². The second-order valence-corrected chi connectivity index (χ2v) is 5.51. The van der Waals surface area contributed by atoms with Crippen molar-refractivity contribution < 1.29 is 9.90 Å².